The second-order valence-corrected chi connectivity index (χ2v) is 20.4. The number of rotatable bonds is 10. The van der Waals surface area contributed by atoms with Crippen molar-refractivity contribution in [3.8, 4) is 33.8 Å². The molecule has 6 aromatic heterocycles. The van der Waals surface area contributed by atoms with Crippen molar-refractivity contribution >= 4 is 108 Å². The van der Waals surface area contributed by atoms with Crippen LogP contribution in [0.4, 0.5) is 17.1 Å². The van der Waals surface area contributed by atoms with Crippen LogP contribution in [0.1, 0.15) is 37.4 Å². The number of hydrogen-bond acceptors (Lipinski definition) is 6. The third-order valence-electron chi connectivity index (χ3n) is 12.4. The first-order valence-corrected chi connectivity index (χ1v) is 26.8. The number of halogens is 5. The van der Waals surface area contributed by atoms with Crippen LogP contribution < -0.4 is 16.0 Å². The summed E-state index contributed by atoms with van der Waals surface area (Å²) in [6, 6.07) is 57.9. The molecule has 2 amide bonds. The zero-order valence-electron chi connectivity index (χ0n) is 41.8. The van der Waals surface area contributed by atoms with Gasteiger partial charge in [0.1, 0.15) is 10.3 Å². The molecule has 0 bridgehead atoms. The molecule has 0 aliphatic rings. The van der Waals surface area contributed by atoms with Gasteiger partial charge in [0.05, 0.1) is 59.7 Å². The molecule has 0 spiro atoms. The summed E-state index contributed by atoms with van der Waals surface area (Å²) < 4.78 is 6.64. The van der Waals surface area contributed by atoms with E-state index in [-0.39, 0.29) is 22.9 Å². The van der Waals surface area contributed by atoms with Crippen molar-refractivity contribution in [2.24, 2.45) is 0 Å². The van der Waals surface area contributed by atoms with E-state index in [0.29, 0.717) is 42.8 Å². The van der Waals surface area contributed by atoms with Crippen LogP contribution in [0.2, 0.25) is 20.1 Å². The van der Waals surface area contributed by atoms with Gasteiger partial charge in [0, 0.05) is 54.2 Å². The van der Waals surface area contributed by atoms with E-state index in [1.165, 1.54) is 16.7 Å². The number of imidazole rings is 3. The number of carbonyl (C=O) groups excluding carboxylic acids is 2. The summed E-state index contributed by atoms with van der Waals surface area (Å²) >= 11 is 28.1. The summed E-state index contributed by atoms with van der Waals surface area (Å²) in [6.07, 6.45) is 9.89. The molecule has 6 aromatic carbocycles. The minimum absolute atomic E-state index is 0.233. The number of nitrogens with zero attached hydrogens (tertiary/aromatic N) is 6. The van der Waals surface area contributed by atoms with E-state index in [1.54, 1.807) is 48.5 Å². The van der Waals surface area contributed by atoms with Crippen molar-refractivity contribution in [1.82, 2.24) is 28.2 Å². The third-order valence-corrected chi connectivity index (χ3v) is 14.4. The number of aryl methyl sites for hydroxylation is 2. The lowest BCUT2D eigenvalue weighted by molar-refractivity contribution is 0.101. The molecule has 3 N–H and O–H groups in total. The van der Waals surface area contributed by atoms with Crippen molar-refractivity contribution in [2.45, 2.75) is 20.4 Å². The Balaban J connectivity index is 0.000000132. The van der Waals surface area contributed by atoms with Gasteiger partial charge in [-0.15, -0.1) is 0 Å². The average Bonchev–Trinajstić information content (AvgIpc) is 4.24. The Labute approximate surface area is 478 Å². The van der Waals surface area contributed by atoms with E-state index in [9.17, 15) is 9.59 Å². The Morgan fingerprint density at radius 3 is 1.54 bits per heavy atom. The van der Waals surface area contributed by atoms with E-state index < -0.39 is 0 Å². The molecule has 0 fully saturated rings. The molecule has 78 heavy (non-hydrogen) atoms. The molecule has 0 aliphatic carbocycles. The standard InChI is InChI=1S/C22H21N3.C20H12BrCl2N3O.C20H13Cl2N3O/c1-16-8-10-19(11-9-16)21-15-25-14-17(2)12-20(22(25)24-21)23-13-18-6-4-3-5-7-18;21-18-17(12-6-2-1-3-7-12)25-19-15(10-5-11-26(18)19)24-20(27)16-13(22)8-4-9-14(16)23;21-14-8-4-9-15(22)18(14)20(26)24-16-10-5-11-25-12-17(23-19(16)25)13-6-2-1-3-7-13/h3-12,14-15,23H,13H2,1-2H3;1-11H,(H,24,27);1-12H,(H,24,26). The summed E-state index contributed by atoms with van der Waals surface area (Å²) in [6.45, 7) is 4.99. The van der Waals surface area contributed by atoms with Gasteiger partial charge in [0.15, 0.2) is 16.9 Å². The molecule has 12 rings (SSSR count). The van der Waals surface area contributed by atoms with Crippen molar-refractivity contribution in [1.29, 1.82) is 0 Å². The van der Waals surface area contributed by atoms with Gasteiger partial charge in [-0.05, 0) is 95.5 Å². The number of aromatic nitrogens is 6. The van der Waals surface area contributed by atoms with Crippen LogP contribution in [-0.4, -0.2) is 40.0 Å². The van der Waals surface area contributed by atoms with Crippen LogP contribution in [0, 0.1) is 13.8 Å². The number of pyridine rings is 3. The molecule has 11 nitrogen and oxygen atoms in total. The van der Waals surface area contributed by atoms with Gasteiger partial charge in [-0.1, -0.05) is 179 Å². The number of hydrogen-bond donors (Lipinski definition) is 3. The number of benzene rings is 6. The van der Waals surface area contributed by atoms with Gasteiger partial charge in [-0.2, -0.15) is 0 Å². The molecule has 6 heterocycles. The molecule has 0 unspecified atom stereocenters. The smallest absolute Gasteiger partial charge is 0.258 e. The summed E-state index contributed by atoms with van der Waals surface area (Å²) in [4.78, 5) is 39.6. The maximum absolute atomic E-state index is 12.7. The second-order valence-electron chi connectivity index (χ2n) is 18.0. The maximum Gasteiger partial charge on any atom is 0.258 e. The van der Waals surface area contributed by atoms with Crippen LogP contribution in [0.3, 0.4) is 0 Å². The Morgan fingerprint density at radius 2 is 0.962 bits per heavy atom. The Hall–Kier alpha value is -8.23. The summed E-state index contributed by atoms with van der Waals surface area (Å²) in [5, 5.41) is 10.4. The first-order valence-electron chi connectivity index (χ1n) is 24.5. The highest BCUT2D eigenvalue weighted by molar-refractivity contribution is 9.10. The molecular weight excluding hydrogens is 1120 g/mol. The van der Waals surface area contributed by atoms with Crippen molar-refractivity contribution in [3.05, 3.63) is 265 Å². The number of carbonyl (C=O) groups is 2. The largest absolute Gasteiger partial charge is 0.378 e. The molecule has 16 heteroatoms. The maximum atomic E-state index is 12.7. The fraction of sp³-hybridized carbons (Fsp3) is 0.0484. The number of fused-ring (bicyclic) bond motifs is 3. The van der Waals surface area contributed by atoms with Crippen LogP contribution in [0.15, 0.2) is 218 Å². The first-order chi connectivity index (χ1) is 37.9. The van der Waals surface area contributed by atoms with E-state index in [2.05, 4.69) is 122 Å². The normalized spacial score (nSPS) is 10.9. The Morgan fingerprint density at radius 1 is 0.474 bits per heavy atom. The summed E-state index contributed by atoms with van der Waals surface area (Å²) in [5.74, 6) is -0.767. The second kappa shape index (κ2) is 24.0. The molecule has 0 saturated carbocycles. The van der Waals surface area contributed by atoms with Crippen LogP contribution in [0.5, 0.6) is 0 Å². The fourth-order valence-corrected chi connectivity index (χ4v) is 10.3. The molecule has 386 valence electrons. The van der Waals surface area contributed by atoms with E-state index >= 15 is 0 Å². The first kappa shape index (κ1) is 53.2. The van der Waals surface area contributed by atoms with Gasteiger partial charge in [-0.3, -0.25) is 14.0 Å². The van der Waals surface area contributed by atoms with Gasteiger partial charge in [0.2, 0.25) is 0 Å². The van der Waals surface area contributed by atoms with Crippen molar-refractivity contribution in [2.75, 3.05) is 16.0 Å². The highest BCUT2D eigenvalue weighted by atomic mass is 79.9. The highest BCUT2D eigenvalue weighted by Gasteiger charge is 2.20. The lowest BCUT2D eigenvalue weighted by atomic mass is 10.1. The molecule has 0 radical (unpaired) electrons. The lowest BCUT2D eigenvalue weighted by Crippen LogP contribution is -2.14. The number of nitrogens with one attached hydrogen (secondary N) is 3. The predicted molar refractivity (Wildman–Crippen MR) is 322 cm³/mol. The third kappa shape index (κ3) is 12.0. The zero-order valence-corrected chi connectivity index (χ0v) is 46.4. The molecule has 12 aromatic rings. The quantitative estimate of drug-likeness (QED) is 0.125. The van der Waals surface area contributed by atoms with E-state index in [1.807, 2.05) is 106 Å². The lowest BCUT2D eigenvalue weighted by Gasteiger charge is -2.09. The van der Waals surface area contributed by atoms with Gasteiger partial charge in [-0.25, -0.2) is 15.0 Å². The van der Waals surface area contributed by atoms with Gasteiger partial charge in [0.25, 0.3) is 11.8 Å². The average molecular weight is 1170 g/mol. The van der Waals surface area contributed by atoms with Crippen LogP contribution >= 0.6 is 62.3 Å². The highest BCUT2D eigenvalue weighted by Crippen LogP contribution is 2.33. The summed E-state index contributed by atoms with van der Waals surface area (Å²) in [5.41, 5.74) is 14.3. The SMILES string of the molecule is Cc1ccc(-c2cn3cc(C)cc(NCc4ccccc4)c3n2)cc1.O=C(Nc1cccn2c(Br)c(-c3ccccc3)nc12)c1c(Cl)cccc1Cl.O=C(Nc1cccn2cc(-c3ccccc3)nc12)c1c(Cl)cccc1Cl. The monoisotopic (exact) mass is 1170 g/mol. The predicted octanol–water partition coefficient (Wildman–Crippen LogP) is 17.1. The number of anilines is 3. The molecule has 0 atom stereocenters. The van der Waals surface area contributed by atoms with Gasteiger partial charge >= 0.3 is 0 Å². The minimum atomic E-state index is -0.390. The van der Waals surface area contributed by atoms with Gasteiger partial charge < -0.3 is 24.8 Å². The summed E-state index contributed by atoms with van der Waals surface area (Å²) in [7, 11) is 0. The topological polar surface area (TPSA) is 122 Å². The van der Waals surface area contributed by atoms with E-state index in [4.69, 9.17) is 56.4 Å². The fourth-order valence-electron chi connectivity index (χ4n) is 8.60. The molecular formula is C62H46BrCl4N9O2. The zero-order chi connectivity index (χ0) is 54.3. The van der Waals surface area contributed by atoms with Crippen molar-refractivity contribution < 1.29 is 9.59 Å². The van der Waals surface area contributed by atoms with E-state index in [0.717, 1.165) is 56.3 Å². The molecule has 0 aliphatic heterocycles. The Bertz CT molecular complexity index is 4070. The van der Waals surface area contributed by atoms with Crippen LogP contribution in [0.25, 0.3) is 50.7 Å². The minimum Gasteiger partial charge on any atom is -0.378 e. The number of amides is 2. The van der Waals surface area contributed by atoms with Crippen LogP contribution in [-0.2, 0) is 6.54 Å². The van der Waals surface area contributed by atoms with Crippen molar-refractivity contribution in [3.63, 3.8) is 0 Å². The Kier molecular flexibility index (Phi) is 16.3. The molecule has 0 saturated heterocycles.